The van der Waals surface area contributed by atoms with Gasteiger partial charge in [0, 0.05) is 39.6 Å². The molecule has 0 aromatic heterocycles. The number of aryl methyl sites for hydroxylation is 2. The minimum atomic E-state index is -4.68. The van der Waals surface area contributed by atoms with Gasteiger partial charge in [0.25, 0.3) is 5.91 Å². The Labute approximate surface area is 303 Å². The zero-order valence-corrected chi connectivity index (χ0v) is 24.9. The standard InChI is InChI=1S/C37H48N4O5/c1-25(2)34(41-20-12-19-38-37(41)45)36(44)39-30(21-28-15-7-5-8-16-28)23-32(42)31(22-29-17-9-6-10-18-29)40-33(43)24-46-35-26(3)13-11-14-27(35)4/h5-11,13-18,25,30-32,34,42H,12,19-24H2,1-4H3,(H,38,45)(H,39,44)(H,40,43)/t30-,31-,32-,34-/m0/s1/i1D3,2D3,6D,9D,10D,12D2,17D,18D,19D2,20D2,22D2,25D,31D,34D. The molecule has 4 rings (SSSR count). The zero-order chi connectivity index (χ0) is 52.3. The first-order valence-corrected chi connectivity index (χ1v) is 13.9. The molecule has 0 aliphatic carbocycles. The predicted molar refractivity (Wildman–Crippen MR) is 180 cm³/mol. The van der Waals surface area contributed by atoms with Gasteiger partial charge >= 0.3 is 6.03 Å². The molecule has 246 valence electrons. The van der Waals surface area contributed by atoms with Crippen LogP contribution in [0.3, 0.4) is 0 Å². The Kier molecular flexibility index (Phi) is 5.65. The average Bonchev–Trinajstić information content (AvgIpc) is 3.20. The number of aliphatic hydroxyl groups excluding tert-OH is 1. The summed E-state index contributed by atoms with van der Waals surface area (Å²) in [6.07, 6.45) is -12.4. The Balaban J connectivity index is 1.98. The van der Waals surface area contributed by atoms with Crippen LogP contribution in [-0.2, 0) is 22.4 Å². The largest absolute Gasteiger partial charge is 0.483 e. The van der Waals surface area contributed by atoms with Gasteiger partial charge in [-0.3, -0.25) is 9.59 Å². The Morgan fingerprint density at radius 3 is 2.50 bits per heavy atom. The number of nitrogens with zero attached hydrogens (tertiary/aromatic N) is 1. The Morgan fingerprint density at radius 1 is 1.09 bits per heavy atom. The molecule has 1 aliphatic heterocycles. The number of benzene rings is 3. The van der Waals surface area contributed by atoms with Crippen molar-refractivity contribution in [2.24, 2.45) is 5.89 Å². The maximum atomic E-state index is 14.9. The van der Waals surface area contributed by atoms with Gasteiger partial charge in [-0.1, -0.05) is 92.4 Å². The van der Waals surface area contributed by atoms with Crippen molar-refractivity contribution >= 4 is 17.8 Å². The lowest BCUT2D eigenvalue weighted by Crippen LogP contribution is -2.59. The van der Waals surface area contributed by atoms with Crippen molar-refractivity contribution in [3.05, 3.63) is 101 Å². The van der Waals surface area contributed by atoms with Crippen molar-refractivity contribution in [3.63, 3.8) is 0 Å². The van der Waals surface area contributed by atoms with E-state index in [9.17, 15) is 25.0 Å². The molecule has 4 atom stereocenters. The molecular formula is C37H48N4O5. The molecule has 1 aliphatic rings. The third-order valence-corrected chi connectivity index (χ3v) is 6.57. The number of ether oxygens (including phenoxy) is 1. The van der Waals surface area contributed by atoms with Gasteiger partial charge in [-0.15, -0.1) is 0 Å². The van der Waals surface area contributed by atoms with Gasteiger partial charge in [-0.2, -0.15) is 0 Å². The van der Waals surface area contributed by atoms with E-state index in [4.69, 9.17) is 29.4 Å². The monoisotopic (exact) mass is 651 g/mol. The molecule has 4 amide bonds. The molecule has 1 heterocycles. The SMILES string of the molecule is [2H]c1c([2H])c([2H])c(C([2H])([2H])[C@]([2H])(NC(=O)COc2c(C)cccc2C)[C@@H](O)C[C@H](Cc2ccccc2)NC(=O)[C@@]([2H])(N2C(=O)NC([2H])([2H])C([2H])([2H])C2([2H])[2H])C([2H])(C([2H])([2H])[2H])C([2H])([2H])[2H])c([2H])c1[2H]. The predicted octanol–water partition coefficient (Wildman–Crippen LogP) is 4.33. The van der Waals surface area contributed by atoms with Gasteiger partial charge in [0.2, 0.25) is 5.91 Å². The van der Waals surface area contributed by atoms with Crippen LogP contribution in [0.4, 0.5) is 4.79 Å². The number of urea groups is 1. The smallest absolute Gasteiger partial charge is 0.318 e. The molecular weight excluding hydrogens is 580 g/mol. The minimum absolute atomic E-state index is 0.176. The fourth-order valence-electron chi connectivity index (χ4n) is 4.49. The second kappa shape index (κ2) is 16.8. The number of nitrogens with one attached hydrogen (secondary N) is 3. The molecule has 4 N–H and O–H groups in total. The lowest BCUT2D eigenvalue weighted by atomic mass is 9.92. The molecule has 3 aromatic carbocycles. The molecule has 1 saturated heterocycles. The summed E-state index contributed by atoms with van der Waals surface area (Å²) in [5, 5.41) is 17.5. The number of aliphatic hydroxyl groups is 1. The van der Waals surface area contributed by atoms with E-state index in [0.29, 0.717) is 11.1 Å². The van der Waals surface area contributed by atoms with Crippen LogP contribution in [-0.4, -0.2) is 71.6 Å². The molecule has 0 saturated carbocycles. The van der Waals surface area contributed by atoms with Crippen LogP contribution >= 0.6 is 0 Å². The van der Waals surface area contributed by atoms with Crippen LogP contribution in [0.1, 0.15) is 78.9 Å². The van der Waals surface area contributed by atoms with Crippen molar-refractivity contribution in [1.29, 1.82) is 0 Å². The topological polar surface area (TPSA) is 120 Å². The molecule has 9 heteroatoms. The fraction of sp³-hybridized carbons (Fsp3) is 0.432. The highest BCUT2D eigenvalue weighted by Gasteiger charge is 2.35. The number of para-hydroxylation sites is 1. The Morgan fingerprint density at radius 2 is 1.80 bits per heavy atom. The van der Waals surface area contributed by atoms with Gasteiger partial charge in [0.15, 0.2) is 6.61 Å². The van der Waals surface area contributed by atoms with Crippen LogP contribution in [0.25, 0.3) is 0 Å². The van der Waals surface area contributed by atoms with Crippen LogP contribution < -0.4 is 20.7 Å². The van der Waals surface area contributed by atoms with Crippen molar-refractivity contribution in [2.45, 2.75) is 77.3 Å². The van der Waals surface area contributed by atoms with E-state index in [0.717, 1.165) is 0 Å². The lowest BCUT2D eigenvalue weighted by molar-refractivity contribution is -0.128. The second-order valence-corrected chi connectivity index (χ2v) is 10.1. The summed E-state index contributed by atoms with van der Waals surface area (Å²) in [5.74, 6) is -8.17. The van der Waals surface area contributed by atoms with Crippen molar-refractivity contribution in [1.82, 2.24) is 20.9 Å². The van der Waals surface area contributed by atoms with Gasteiger partial charge < -0.3 is 30.7 Å². The summed E-state index contributed by atoms with van der Waals surface area (Å²) >= 11 is 0. The van der Waals surface area contributed by atoms with E-state index in [1.165, 1.54) is 35.6 Å². The number of amides is 4. The van der Waals surface area contributed by atoms with E-state index >= 15 is 0 Å². The van der Waals surface area contributed by atoms with E-state index in [1.54, 1.807) is 32.0 Å². The highest BCUT2D eigenvalue weighted by Crippen LogP contribution is 2.22. The van der Waals surface area contributed by atoms with E-state index in [-0.39, 0.29) is 11.3 Å². The third-order valence-electron chi connectivity index (χ3n) is 6.57. The fourth-order valence-corrected chi connectivity index (χ4v) is 4.49. The number of carbonyl (C=O) groups excluding carboxylic acids is 3. The zero-order valence-electron chi connectivity index (χ0n) is 46.9. The molecule has 46 heavy (non-hydrogen) atoms. The van der Waals surface area contributed by atoms with Gasteiger partial charge in [-0.25, -0.2) is 4.79 Å². The summed E-state index contributed by atoms with van der Waals surface area (Å²) in [5.41, 5.74) is 0.000389. The Hall–Kier alpha value is -4.37. The first kappa shape index (κ1) is 15.5. The summed E-state index contributed by atoms with van der Waals surface area (Å²) in [4.78, 5) is 41.5. The first-order valence-electron chi connectivity index (χ1n) is 24.9. The summed E-state index contributed by atoms with van der Waals surface area (Å²) in [7, 11) is 0. The van der Waals surface area contributed by atoms with Gasteiger partial charge in [0.05, 0.1) is 21.7 Å². The number of hydrogen-bond donors (Lipinski definition) is 4. The van der Waals surface area contributed by atoms with E-state index in [1.807, 2.05) is 10.6 Å². The van der Waals surface area contributed by atoms with Crippen LogP contribution in [0, 0.1) is 19.7 Å². The summed E-state index contributed by atoms with van der Waals surface area (Å²) < 4.78 is 192. The van der Waals surface area contributed by atoms with Crippen molar-refractivity contribution < 1.29 is 54.4 Å². The molecule has 0 unspecified atom stereocenters. The van der Waals surface area contributed by atoms with Gasteiger partial charge in [-0.05, 0) is 67.6 Å². The number of carbonyl (C=O) groups is 3. The van der Waals surface area contributed by atoms with Crippen molar-refractivity contribution in [3.8, 4) is 5.75 Å². The molecule has 0 bridgehead atoms. The minimum Gasteiger partial charge on any atom is -0.483 e. The normalized spacial score (nSPS) is 28.5. The molecule has 0 spiro atoms. The number of hydrogen-bond acceptors (Lipinski definition) is 5. The maximum absolute atomic E-state index is 14.9. The van der Waals surface area contributed by atoms with E-state index in [2.05, 4.69) is 0 Å². The average molecular weight is 651 g/mol. The first-order chi connectivity index (χ1) is 30.7. The quantitative estimate of drug-likeness (QED) is 0.195. The molecule has 9 nitrogen and oxygen atoms in total. The summed E-state index contributed by atoms with van der Waals surface area (Å²) in [6, 6.07) is -6.00. The van der Waals surface area contributed by atoms with Crippen LogP contribution in [0.5, 0.6) is 5.75 Å². The summed E-state index contributed by atoms with van der Waals surface area (Å²) in [6.45, 7) is -14.5. The van der Waals surface area contributed by atoms with Crippen LogP contribution in [0.15, 0.2) is 78.7 Å². The van der Waals surface area contributed by atoms with Gasteiger partial charge in [0.1, 0.15) is 11.8 Å². The third kappa shape index (κ3) is 9.81. The lowest BCUT2D eigenvalue weighted by Gasteiger charge is -2.37. The maximum Gasteiger partial charge on any atom is 0.318 e. The van der Waals surface area contributed by atoms with E-state index < -0.39 is 147 Å². The highest BCUT2D eigenvalue weighted by molar-refractivity contribution is 5.87. The number of rotatable bonds is 15. The van der Waals surface area contributed by atoms with Crippen molar-refractivity contribution in [2.75, 3.05) is 19.6 Å². The highest BCUT2D eigenvalue weighted by atomic mass is 16.5. The van der Waals surface area contributed by atoms with Crippen LogP contribution in [0.2, 0.25) is 0 Å². The molecule has 1 fully saturated rings. The molecule has 0 radical (unpaired) electrons. The Bertz CT molecular complexity index is 2360. The second-order valence-electron chi connectivity index (χ2n) is 10.1. The molecule has 3 aromatic rings.